The number of amides is 2. The van der Waals surface area contributed by atoms with Crippen LogP contribution in [0.15, 0.2) is 55.6 Å². The number of benzene rings is 4. The van der Waals surface area contributed by atoms with Crippen LogP contribution in [0.4, 0.5) is 24.5 Å². The summed E-state index contributed by atoms with van der Waals surface area (Å²) in [6, 6.07) is 7.63. The van der Waals surface area contributed by atoms with E-state index in [2.05, 4.69) is 5.32 Å². The van der Waals surface area contributed by atoms with E-state index < -0.39 is 56.2 Å². The largest absolute Gasteiger partial charge is 0.471 e. The van der Waals surface area contributed by atoms with Crippen LogP contribution in [-0.2, 0) is 9.59 Å². The molecule has 12 heteroatoms. The SMILES string of the molecule is CC(=O)Nc1cccc2c(=O)c3sc4c(=O)c5cccc(NC(=O)C(F)(F)F)c5c(=O)c4c3c(=O)c12. The average molecular weight is 512 g/mol. The number of nitrogens with one attached hydrogen (secondary N) is 2. The fourth-order valence-corrected chi connectivity index (χ4v) is 5.45. The van der Waals surface area contributed by atoms with Gasteiger partial charge in [0.25, 0.3) is 0 Å². The molecule has 0 bridgehead atoms. The predicted octanol–water partition coefficient (Wildman–Crippen LogP) is 3.14. The fourth-order valence-electron chi connectivity index (χ4n) is 4.24. The van der Waals surface area contributed by atoms with E-state index in [9.17, 15) is 41.9 Å². The van der Waals surface area contributed by atoms with Crippen molar-refractivity contribution >= 4 is 76.2 Å². The van der Waals surface area contributed by atoms with Crippen LogP contribution in [0.25, 0.3) is 41.7 Å². The number of halogens is 3. The first-order chi connectivity index (χ1) is 16.9. The highest BCUT2D eigenvalue weighted by Gasteiger charge is 2.39. The lowest BCUT2D eigenvalue weighted by molar-refractivity contribution is -0.167. The second-order valence-electron chi connectivity index (χ2n) is 7.92. The molecule has 1 heterocycles. The third kappa shape index (κ3) is 3.29. The molecule has 0 radical (unpaired) electrons. The van der Waals surface area contributed by atoms with E-state index in [-0.39, 0.29) is 36.6 Å². The minimum absolute atomic E-state index is 0.0251. The first-order valence-corrected chi connectivity index (χ1v) is 11.0. The first kappa shape index (κ1) is 23.3. The van der Waals surface area contributed by atoms with Crippen molar-refractivity contribution in [2.75, 3.05) is 10.6 Å². The highest BCUT2D eigenvalue weighted by molar-refractivity contribution is 7.25. The van der Waals surface area contributed by atoms with Crippen LogP contribution in [-0.4, -0.2) is 18.0 Å². The van der Waals surface area contributed by atoms with E-state index in [0.29, 0.717) is 11.3 Å². The number of alkyl halides is 3. The number of hydrogen-bond donors (Lipinski definition) is 2. The highest BCUT2D eigenvalue weighted by atomic mass is 32.1. The lowest BCUT2D eigenvalue weighted by Crippen LogP contribution is -2.30. The molecular weight excluding hydrogens is 501 g/mol. The summed E-state index contributed by atoms with van der Waals surface area (Å²) in [7, 11) is 0. The average Bonchev–Trinajstić information content (AvgIpc) is 3.21. The van der Waals surface area contributed by atoms with Gasteiger partial charge in [-0.1, -0.05) is 24.3 Å². The molecule has 0 atom stereocenters. The Kier molecular flexibility index (Phi) is 5.04. The van der Waals surface area contributed by atoms with Crippen molar-refractivity contribution in [2.24, 2.45) is 0 Å². The Hall–Kier alpha value is -4.45. The van der Waals surface area contributed by atoms with E-state index in [4.69, 9.17) is 0 Å². The molecule has 4 aromatic carbocycles. The number of hydrogen-bond acceptors (Lipinski definition) is 7. The van der Waals surface area contributed by atoms with Gasteiger partial charge in [-0.25, -0.2) is 0 Å². The van der Waals surface area contributed by atoms with Crippen LogP contribution >= 0.6 is 11.3 Å². The molecule has 0 unspecified atom stereocenters. The lowest BCUT2D eigenvalue weighted by Gasteiger charge is -2.10. The molecule has 36 heavy (non-hydrogen) atoms. The molecule has 0 fully saturated rings. The van der Waals surface area contributed by atoms with Crippen LogP contribution in [0.1, 0.15) is 6.92 Å². The van der Waals surface area contributed by atoms with Gasteiger partial charge in [-0.2, -0.15) is 13.2 Å². The first-order valence-electron chi connectivity index (χ1n) is 10.2. The summed E-state index contributed by atoms with van der Waals surface area (Å²) in [4.78, 5) is 76.8. The Bertz CT molecular complexity index is 2020. The van der Waals surface area contributed by atoms with Gasteiger partial charge in [-0.3, -0.25) is 28.8 Å². The van der Waals surface area contributed by atoms with Crippen LogP contribution in [0.2, 0.25) is 0 Å². The zero-order valence-electron chi connectivity index (χ0n) is 18.0. The number of thiophene rings is 1. The van der Waals surface area contributed by atoms with Gasteiger partial charge in [0.2, 0.25) is 16.8 Å². The van der Waals surface area contributed by atoms with Crippen LogP contribution in [0.5, 0.6) is 0 Å². The molecule has 5 rings (SSSR count). The van der Waals surface area contributed by atoms with E-state index in [1.807, 2.05) is 0 Å². The molecule has 0 spiro atoms. The van der Waals surface area contributed by atoms with Gasteiger partial charge in [0.15, 0.2) is 10.9 Å². The second-order valence-corrected chi connectivity index (χ2v) is 8.94. The van der Waals surface area contributed by atoms with Crippen LogP contribution in [0.3, 0.4) is 0 Å². The van der Waals surface area contributed by atoms with Crippen molar-refractivity contribution in [3.05, 3.63) is 77.3 Å². The predicted molar refractivity (Wildman–Crippen MR) is 131 cm³/mol. The van der Waals surface area contributed by atoms with Crippen molar-refractivity contribution in [1.82, 2.24) is 0 Å². The van der Waals surface area contributed by atoms with Gasteiger partial charge < -0.3 is 10.6 Å². The van der Waals surface area contributed by atoms with Crippen LogP contribution < -0.4 is 32.3 Å². The molecule has 0 saturated carbocycles. The number of carbonyl (C=O) groups excluding carboxylic acids is 2. The molecule has 1 aromatic heterocycles. The maximum atomic E-state index is 13.6. The van der Waals surface area contributed by atoms with Crippen molar-refractivity contribution in [3.8, 4) is 0 Å². The molecule has 2 amide bonds. The second kappa shape index (κ2) is 7.78. The van der Waals surface area contributed by atoms with E-state index in [1.165, 1.54) is 37.3 Å². The molecule has 0 aliphatic carbocycles. The molecule has 8 nitrogen and oxygen atoms in total. The highest BCUT2D eigenvalue weighted by Crippen LogP contribution is 2.32. The maximum absolute atomic E-state index is 13.6. The van der Waals surface area contributed by atoms with Crippen molar-refractivity contribution in [3.63, 3.8) is 0 Å². The molecule has 0 saturated heterocycles. The van der Waals surface area contributed by atoms with Gasteiger partial charge in [-0.15, -0.1) is 11.3 Å². The molecular formula is C24H11F3N2O6S. The third-order valence-electron chi connectivity index (χ3n) is 5.66. The summed E-state index contributed by atoms with van der Waals surface area (Å²) in [5, 5.41) is 2.25. The Balaban J connectivity index is 1.99. The Morgan fingerprint density at radius 1 is 0.694 bits per heavy atom. The minimum Gasteiger partial charge on any atom is -0.326 e. The summed E-state index contributed by atoms with van der Waals surface area (Å²) in [5.74, 6) is -2.87. The normalized spacial score (nSPS) is 12.0. The Labute approximate surface area is 200 Å². The number of fused-ring (bicyclic) bond motifs is 5. The third-order valence-corrected chi connectivity index (χ3v) is 6.85. The van der Waals surface area contributed by atoms with Gasteiger partial charge in [0.05, 0.1) is 42.3 Å². The zero-order chi connectivity index (χ0) is 26.1. The summed E-state index contributed by atoms with van der Waals surface area (Å²) in [5.41, 5.74) is -3.76. The van der Waals surface area contributed by atoms with Crippen molar-refractivity contribution < 1.29 is 22.8 Å². The Morgan fingerprint density at radius 3 is 1.56 bits per heavy atom. The van der Waals surface area contributed by atoms with Crippen LogP contribution in [0, 0.1) is 0 Å². The smallest absolute Gasteiger partial charge is 0.326 e. The number of rotatable bonds is 2. The molecule has 5 aromatic rings. The quantitative estimate of drug-likeness (QED) is 0.374. The lowest BCUT2D eigenvalue weighted by atomic mass is 10.00. The zero-order valence-corrected chi connectivity index (χ0v) is 18.8. The summed E-state index contributed by atoms with van der Waals surface area (Å²) >= 11 is 0.637. The molecule has 0 aliphatic heterocycles. The fraction of sp³-hybridized carbons (Fsp3) is 0.0833. The molecule has 2 N–H and O–H groups in total. The molecule has 180 valence electrons. The van der Waals surface area contributed by atoms with Gasteiger partial charge >= 0.3 is 12.1 Å². The van der Waals surface area contributed by atoms with Crippen molar-refractivity contribution in [1.29, 1.82) is 0 Å². The minimum atomic E-state index is -5.26. The van der Waals surface area contributed by atoms with Gasteiger partial charge in [0, 0.05) is 17.7 Å². The monoisotopic (exact) mass is 512 g/mol. The molecule has 0 aliphatic rings. The summed E-state index contributed by atoms with van der Waals surface area (Å²) < 4.78 is 38.1. The van der Waals surface area contributed by atoms with Gasteiger partial charge in [-0.05, 0) is 12.1 Å². The number of anilines is 2. The van der Waals surface area contributed by atoms with Gasteiger partial charge in [0.1, 0.15) is 0 Å². The maximum Gasteiger partial charge on any atom is 0.471 e. The topological polar surface area (TPSA) is 126 Å². The van der Waals surface area contributed by atoms with E-state index >= 15 is 0 Å². The standard InChI is InChI=1S/C24H11F3N2O6S/c1-8(30)28-11-6-2-4-9-13(11)19(33)15-16-20(34)14-10(18(32)22(16)36-21(15)17(9)31)5-3-7-12(14)29-23(35)24(25,26)27/h2-7H,1H3,(H,28,30)(H,29,35). The van der Waals surface area contributed by atoms with Crippen molar-refractivity contribution in [2.45, 2.75) is 13.1 Å². The summed E-state index contributed by atoms with van der Waals surface area (Å²) in [6.07, 6.45) is -5.26. The number of carbonyl (C=O) groups is 2. The summed E-state index contributed by atoms with van der Waals surface area (Å²) in [6.45, 7) is 1.20. The van der Waals surface area contributed by atoms with E-state index in [1.54, 1.807) is 5.32 Å². The Morgan fingerprint density at radius 2 is 1.14 bits per heavy atom. The van der Waals surface area contributed by atoms with E-state index in [0.717, 1.165) is 6.07 Å².